The van der Waals surface area contributed by atoms with Crippen LogP contribution in [-0.4, -0.2) is 19.8 Å². The number of nitrogens with one attached hydrogen (secondary N) is 1. The molecule has 16 heavy (non-hydrogen) atoms. The molecule has 0 saturated heterocycles. The van der Waals surface area contributed by atoms with Crippen molar-refractivity contribution in [1.29, 1.82) is 0 Å². The van der Waals surface area contributed by atoms with E-state index >= 15 is 0 Å². The highest BCUT2D eigenvalue weighted by molar-refractivity contribution is 7.10. The lowest BCUT2D eigenvalue weighted by Crippen LogP contribution is -2.32. The molecule has 1 heterocycles. The third kappa shape index (κ3) is 3.30. The van der Waals surface area contributed by atoms with E-state index in [9.17, 15) is 0 Å². The van der Waals surface area contributed by atoms with E-state index in [0.29, 0.717) is 12.1 Å². The van der Waals surface area contributed by atoms with Gasteiger partial charge in [0.25, 0.3) is 0 Å². The van der Waals surface area contributed by atoms with Crippen LogP contribution in [-0.2, 0) is 4.74 Å². The minimum absolute atomic E-state index is 0.535. The first kappa shape index (κ1) is 12.1. The topological polar surface area (TPSA) is 21.3 Å². The van der Waals surface area contributed by atoms with Gasteiger partial charge in [0.05, 0.1) is 0 Å². The van der Waals surface area contributed by atoms with Crippen molar-refractivity contribution in [2.45, 2.75) is 38.3 Å². The van der Waals surface area contributed by atoms with Crippen molar-refractivity contribution >= 4 is 11.3 Å². The molecule has 2 unspecified atom stereocenters. The molecule has 1 aromatic rings. The maximum absolute atomic E-state index is 5.12. The van der Waals surface area contributed by atoms with Crippen molar-refractivity contribution in [3.8, 4) is 0 Å². The Morgan fingerprint density at radius 1 is 1.56 bits per heavy atom. The molecule has 1 fully saturated rings. The number of rotatable bonds is 7. The van der Waals surface area contributed by atoms with E-state index in [-0.39, 0.29) is 0 Å². The van der Waals surface area contributed by atoms with Crippen LogP contribution in [0.15, 0.2) is 17.5 Å². The lowest BCUT2D eigenvalue weighted by molar-refractivity contribution is 0.182. The van der Waals surface area contributed by atoms with E-state index in [1.54, 1.807) is 7.11 Å². The van der Waals surface area contributed by atoms with Gasteiger partial charge in [-0.3, -0.25) is 0 Å². The summed E-state index contributed by atoms with van der Waals surface area (Å²) < 4.78 is 5.12. The van der Waals surface area contributed by atoms with Crippen molar-refractivity contribution in [3.63, 3.8) is 0 Å². The van der Waals surface area contributed by atoms with Crippen molar-refractivity contribution in [2.24, 2.45) is 5.92 Å². The minimum Gasteiger partial charge on any atom is -0.385 e. The predicted octanol–water partition coefficient (Wildman–Crippen LogP) is 3.21. The van der Waals surface area contributed by atoms with Crippen LogP contribution in [0.3, 0.4) is 0 Å². The maximum Gasteiger partial charge on any atom is 0.0476 e. The SMILES string of the molecule is COCCC(C)NC(c1cccs1)C1CC1. The van der Waals surface area contributed by atoms with Crippen LogP contribution >= 0.6 is 11.3 Å². The largest absolute Gasteiger partial charge is 0.385 e. The highest BCUT2D eigenvalue weighted by Crippen LogP contribution is 2.42. The number of methoxy groups -OCH3 is 1. The zero-order chi connectivity index (χ0) is 11.4. The van der Waals surface area contributed by atoms with Gasteiger partial charge in [-0.05, 0) is 43.6 Å². The standard InChI is InChI=1S/C13H21NOS/c1-10(7-8-15-2)14-13(11-5-6-11)12-4-3-9-16-12/h3-4,9-11,13-14H,5-8H2,1-2H3. The first-order valence-corrected chi connectivity index (χ1v) is 6.97. The molecule has 0 amide bonds. The van der Waals surface area contributed by atoms with Crippen molar-refractivity contribution < 1.29 is 4.74 Å². The summed E-state index contributed by atoms with van der Waals surface area (Å²) in [6.45, 7) is 3.10. The van der Waals surface area contributed by atoms with Crippen LogP contribution in [0.5, 0.6) is 0 Å². The van der Waals surface area contributed by atoms with Gasteiger partial charge in [-0.2, -0.15) is 0 Å². The Labute approximate surface area is 102 Å². The number of thiophene rings is 1. The molecule has 2 atom stereocenters. The Balaban J connectivity index is 1.88. The van der Waals surface area contributed by atoms with Gasteiger partial charge < -0.3 is 10.1 Å². The molecule has 90 valence electrons. The molecule has 1 aliphatic carbocycles. The van der Waals surface area contributed by atoms with Crippen LogP contribution in [0.25, 0.3) is 0 Å². The van der Waals surface area contributed by atoms with E-state index in [1.165, 1.54) is 17.7 Å². The second-order valence-electron chi connectivity index (χ2n) is 4.68. The van der Waals surface area contributed by atoms with E-state index < -0.39 is 0 Å². The fraction of sp³-hybridized carbons (Fsp3) is 0.692. The van der Waals surface area contributed by atoms with Crippen LogP contribution in [0.1, 0.15) is 37.1 Å². The molecular formula is C13H21NOS. The molecule has 1 saturated carbocycles. The summed E-state index contributed by atoms with van der Waals surface area (Å²) in [4.78, 5) is 1.49. The first-order chi connectivity index (χ1) is 7.81. The van der Waals surface area contributed by atoms with Crippen molar-refractivity contribution in [2.75, 3.05) is 13.7 Å². The first-order valence-electron chi connectivity index (χ1n) is 6.09. The molecule has 0 aromatic carbocycles. The summed E-state index contributed by atoms with van der Waals surface area (Å²) in [5.41, 5.74) is 0. The van der Waals surface area contributed by atoms with E-state index in [4.69, 9.17) is 4.74 Å². The highest BCUT2D eigenvalue weighted by atomic mass is 32.1. The number of ether oxygens (including phenoxy) is 1. The van der Waals surface area contributed by atoms with Gasteiger partial charge in [0.2, 0.25) is 0 Å². The predicted molar refractivity (Wildman–Crippen MR) is 68.9 cm³/mol. The Morgan fingerprint density at radius 3 is 2.94 bits per heavy atom. The van der Waals surface area contributed by atoms with Gasteiger partial charge in [-0.15, -0.1) is 11.3 Å². The summed E-state index contributed by atoms with van der Waals surface area (Å²) in [5.74, 6) is 0.864. The van der Waals surface area contributed by atoms with Gasteiger partial charge >= 0.3 is 0 Å². The monoisotopic (exact) mass is 239 g/mol. The highest BCUT2D eigenvalue weighted by Gasteiger charge is 2.33. The Bertz CT molecular complexity index is 295. The summed E-state index contributed by atoms with van der Waals surface area (Å²) in [6.07, 6.45) is 3.85. The zero-order valence-corrected chi connectivity index (χ0v) is 10.9. The Morgan fingerprint density at radius 2 is 2.38 bits per heavy atom. The number of hydrogen-bond acceptors (Lipinski definition) is 3. The zero-order valence-electron chi connectivity index (χ0n) is 10.1. The summed E-state index contributed by atoms with van der Waals surface area (Å²) in [6, 6.07) is 5.51. The molecule has 0 aliphatic heterocycles. The van der Waals surface area contributed by atoms with Crippen LogP contribution < -0.4 is 5.32 Å². The Kier molecular flexibility index (Phi) is 4.38. The van der Waals surface area contributed by atoms with Crippen LogP contribution in [0, 0.1) is 5.92 Å². The second kappa shape index (κ2) is 5.80. The van der Waals surface area contributed by atoms with Gasteiger partial charge in [-0.1, -0.05) is 6.07 Å². The smallest absolute Gasteiger partial charge is 0.0476 e. The summed E-state index contributed by atoms with van der Waals surface area (Å²) in [5, 5.41) is 5.92. The molecule has 2 rings (SSSR count). The molecule has 3 heteroatoms. The van der Waals surface area contributed by atoms with Gasteiger partial charge in [0.15, 0.2) is 0 Å². The van der Waals surface area contributed by atoms with E-state index in [2.05, 4.69) is 29.8 Å². The summed E-state index contributed by atoms with van der Waals surface area (Å²) >= 11 is 1.87. The normalized spacial score (nSPS) is 19.6. The van der Waals surface area contributed by atoms with E-state index in [1.807, 2.05) is 11.3 Å². The third-order valence-corrected chi connectivity index (χ3v) is 4.12. The fourth-order valence-electron chi connectivity index (χ4n) is 2.03. The second-order valence-corrected chi connectivity index (χ2v) is 5.66. The average molecular weight is 239 g/mol. The van der Waals surface area contributed by atoms with Gasteiger partial charge in [0.1, 0.15) is 0 Å². The van der Waals surface area contributed by atoms with Gasteiger partial charge in [0, 0.05) is 30.7 Å². The minimum atomic E-state index is 0.535. The molecule has 0 bridgehead atoms. The molecule has 0 spiro atoms. The average Bonchev–Trinajstić information content (AvgIpc) is 2.98. The third-order valence-electron chi connectivity index (χ3n) is 3.16. The molecular weight excluding hydrogens is 218 g/mol. The molecule has 1 N–H and O–H groups in total. The maximum atomic E-state index is 5.12. The van der Waals surface area contributed by atoms with Gasteiger partial charge in [-0.25, -0.2) is 0 Å². The van der Waals surface area contributed by atoms with Crippen molar-refractivity contribution in [3.05, 3.63) is 22.4 Å². The molecule has 1 aromatic heterocycles. The molecule has 0 radical (unpaired) electrons. The quantitative estimate of drug-likeness (QED) is 0.789. The molecule has 1 aliphatic rings. The van der Waals surface area contributed by atoms with E-state index in [0.717, 1.165) is 18.9 Å². The number of hydrogen-bond donors (Lipinski definition) is 1. The summed E-state index contributed by atoms with van der Waals surface area (Å²) in [7, 11) is 1.77. The lowest BCUT2D eigenvalue weighted by atomic mass is 10.1. The molecule has 2 nitrogen and oxygen atoms in total. The fourth-order valence-corrected chi connectivity index (χ4v) is 2.91. The van der Waals surface area contributed by atoms with Crippen LogP contribution in [0.4, 0.5) is 0 Å². The lowest BCUT2D eigenvalue weighted by Gasteiger charge is -2.22. The van der Waals surface area contributed by atoms with Crippen molar-refractivity contribution in [1.82, 2.24) is 5.32 Å². The Hall–Kier alpha value is -0.380. The van der Waals surface area contributed by atoms with Crippen LogP contribution in [0.2, 0.25) is 0 Å².